The fourth-order valence-corrected chi connectivity index (χ4v) is 2.31. The molecule has 1 N–H and O–H groups in total. The minimum Gasteiger partial charge on any atom is -0.494 e. The van der Waals surface area contributed by atoms with Gasteiger partial charge in [-0.1, -0.05) is 12.1 Å². The summed E-state index contributed by atoms with van der Waals surface area (Å²) in [5.41, 5.74) is 0.933. The minimum absolute atomic E-state index is 0.367. The average molecular weight is 265 g/mol. The zero-order chi connectivity index (χ0) is 13.7. The van der Waals surface area contributed by atoms with Crippen LogP contribution in [0.15, 0.2) is 24.3 Å². The second-order valence-electron chi connectivity index (χ2n) is 4.94. The van der Waals surface area contributed by atoms with Gasteiger partial charge in [0.15, 0.2) is 0 Å². The lowest BCUT2D eigenvalue weighted by Gasteiger charge is -2.34. The van der Waals surface area contributed by atoms with Crippen molar-refractivity contribution in [3.8, 4) is 5.75 Å². The number of aliphatic hydroxyl groups is 1. The fraction of sp³-hybridized carbons (Fsp3) is 0.600. The average Bonchev–Trinajstić information content (AvgIpc) is 2.42. The van der Waals surface area contributed by atoms with Gasteiger partial charge in [0, 0.05) is 19.1 Å². The molecule has 0 spiro atoms. The third-order valence-corrected chi connectivity index (χ3v) is 3.49. The lowest BCUT2D eigenvalue weighted by atomic mass is 10.1. The molecule has 4 heteroatoms. The largest absolute Gasteiger partial charge is 0.494 e. The van der Waals surface area contributed by atoms with Crippen molar-refractivity contribution in [1.82, 2.24) is 4.90 Å². The van der Waals surface area contributed by atoms with Crippen molar-refractivity contribution in [2.45, 2.75) is 26.0 Å². The number of nitrogens with zero attached hydrogens (tertiary/aromatic N) is 1. The van der Waals surface area contributed by atoms with Crippen molar-refractivity contribution < 1.29 is 14.6 Å². The predicted octanol–water partition coefficient (Wildman–Crippen LogP) is 1.84. The first-order valence-electron chi connectivity index (χ1n) is 6.93. The maximum atomic E-state index is 10.3. The van der Waals surface area contributed by atoms with Gasteiger partial charge in [-0.25, -0.2) is 0 Å². The van der Waals surface area contributed by atoms with E-state index in [2.05, 4.69) is 11.8 Å². The van der Waals surface area contributed by atoms with Gasteiger partial charge >= 0.3 is 0 Å². The molecule has 1 fully saturated rings. The molecule has 0 radical (unpaired) electrons. The second-order valence-corrected chi connectivity index (χ2v) is 4.94. The Bertz CT molecular complexity index is 379. The number of β-amino-alcohol motifs (C(OH)–C–C–N with tert-alkyl or cyclic N) is 1. The van der Waals surface area contributed by atoms with E-state index in [1.807, 2.05) is 31.2 Å². The molecule has 0 amide bonds. The summed E-state index contributed by atoms with van der Waals surface area (Å²) in [7, 11) is 0. The number of aliphatic hydroxyl groups excluding tert-OH is 1. The number of benzene rings is 1. The molecule has 0 aromatic heterocycles. The fourth-order valence-electron chi connectivity index (χ4n) is 2.31. The molecule has 0 bridgehead atoms. The van der Waals surface area contributed by atoms with Crippen molar-refractivity contribution in [3.63, 3.8) is 0 Å². The topological polar surface area (TPSA) is 41.9 Å². The van der Waals surface area contributed by atoms with E-state index >= 15 is 0 Å². The Morgan fingerprint density at radius 3 is 2.79 bits per heavy atom. The molecule has 1 aromatic rings. The molecule has 1 saturated heterocycles. The van der Waals surface area contributed by atoms with Gasteiger partial charge in [-0.2, -0.15) is 0 Å². The molecule has 2 atom stereocenters. The number of rotatable bonds is 5. The summed E-state index contributed by atoms with van der Waals surface area (Å²) in [6.45, 7) is 7.78. The van der Waals surface area contributed by atoms with Crippen LogP contribution in [0.5, 0.6) is 5.75 Å². The highest BCUT2D eigenvalue weighted by molar-refractivity contribution is 5.28. The highest BCUT2D eigenvalue weighted by atomic mass is 16.5. The first-order chi connectivity index (χ1) is 9.20. The molecular weight excluding hydrogens is 242 g/mol. The van der Waals surface area contributed by atoms with E-state index in [1.165, 1.54) is 0 Å². The zero-order valence-electron chi connectivity index (χ0n) is 11.7. The Labute approximate surface area is 114 Å². The maximum Gasteiger partial charge on any atom is 0.119 e. The molecule has 0 saturated carbocycles. The highest BCUT2D eigenvalue weighted by Crippen LogP contribution is 2.20. The smallest absolute Gasteiger partial charge is 0.119 e. The van der Waals surface area contributed by atoms with Gasteiger partial charge in [0.05, 0.1) is 25.9 Å². The summed E-state index contributed by atoms with van der Waals surface area (Å²) in [6.07, 6.45) is -0.462. The van der Waals surface area contributed by atoms with E-state index in [0.717, 1.165) is 31.1 Å². The van der Waals surface area contributed by atoms with Crippen LogP contribution in [-0.4, -0.2) is 49.0 Å². The number of hydrogen-bond acceptors (Lipinski definition) is 4. The van der Waals surface area contributed by atoms with Gasteiger partial charge in [0.25, 0.3) is 0 Å². The zero-order valence-corrected chi connectivity index (χ0v) is 11.7. The third kappa shape index (κ3) is 3.93. The molecule has 1 heterocycles. The summed E-state index contributed by atoms with van der Waals surface area (Å²) < 4.78 is 10.8. The van der Waals surface area contributed by atoms with E-state index in [0.29, 0.717) is 19.2 Å². The van der Waals surface area contributed by atoms with E-state index in [-0.39, 0.29) is 0 Å². The number of ether oxygens (including phenoxy) is 2. The first kappa shape index (κ1) is 14.3. The third-order valence-electron chi connectivity index (χ3n) is 3.49. The van der Waals surface area contributed by atoms with Crippen molar-refractivity contribution >= 4 is 0 Å². The van der Waals surface area contributed by atoms with Gasteiger partial charge in [0.2, 0.25) is 0 Å². The molecule has 19 heavy (non-hydrogen) atoms. The Balaban J connectivity index is 1.93. The van der Waals surface area contributed by atoms with Gasteiger partial charge in [0.1, 0.15) is 5.75 Å². The van der Waals surface area contributed by atoms with Gasteiger partial charge in [-0.15, -0.1) is 0 Å². The SMILES string of the molecule is CCOc1ccc(C(O)CN2CCOCC2C)cc1. The summed E-state index contributed by atoms with van der Waals surface area (Å²) in [6, 6.07) is 8.04. The van der Waals surface area contributed by atoms with Crippen molar-refractivity contribution in [1.29, 1.82) is 0 Å². The summed E-state index contributed by atoms with van der Waals surface area (Å²) in [4.78, 5) is 2.27. The molecule has 1 aromatic carbocycles. The summed E-state index contributed by atoms with van der Waals surface area (Å²) >= 11 is 0. The Hall–Kier alpha value is -1.10. The van der Waals surface area contributed by atoms with Crippen LogP contribution in [0, 0.1) is 0 Å². The van der Waals surface area contributed by atoms with E-state index < -0.39 is 6.10 Å². The van der Waals surface area contributed by atoms with Crippen molar-refractivity contribution in [3.05, 3.63) is 29.8 Å². The van der Waals surface area contributed by atoms with Gasteiger partial charge in [-0.05, 0) is 31.5 Å². The van der Waals surface area contributed by atoms with Crippen LogP contribution in [0.25, 0.3) is 0 Å². The Kier molecular flexibility index (Phi) is 5.19. The standard InChI is InChI=1S/C15H23NO3/c1-3-19-14-6-4-13(5-7-14)15(17)10-16-8-9-18-11-12(16)2/h4-7,12,15,17H,3,8-11H2,1-2H3. The van der Waals surface area contributed by atoms with Gasteiger partial charge < -0.3 is 14.6 Å². The molecule has 2 rings (SSSR count). The quantitative estimate of drug-likeness (QED) is 0.882. The van der Waals surface area contributed by atoms with E-state index in [4.69, 9.17) is 9.47 Å². The van der Waals surface area contributed by atoms with Crippen LogP contribution in [0.1, 0.15) is 25.5 Å². The predicted molar refractivity (Wildman–Crippen MR) is 74.4 cm³/mol. The molecule has 106 valence electrons. The van der Waals surface area contributed by atoms with E-state index in [9.17, 15) is 5.11 Å². The molecule has 0 aliphatic carbocycles. The molecule has 2 unspecified atom stereocenters. The minimum atomic E-state index is -0.462. The lowest BCUT2D eigenvalue weighted by molar-refractivity contribution is -0.0203. The Morgan fingerprint density at radius 1 is 1.42 bits per heavy atom. The monoisotopic (exact) mass is 265 g/mol. The van der Waals surface area contributed by atoms with Crippen LogP contribution in [-0.2, 0) is 4.74 Å². The van der Waals surface area contributed by atoms with Crippen LogP contribution >= 0.6 is 0 Å². The Morgan fingerprint density at radius 2 is 2.16 bits per heavy atom. The van der Waals surface area contributed by atoms with Crippen molar-refractivity contribution in [2.24, 2.45) is 0 Å². The van der Waals surface area contributed by atoms with Crippen LogP contribution in [0.4, 0.5) is 0 Å². The van der Waals surface area contributed by atoms with Crippen LogP contribution in [0.2, 0.25) is 0 Å². The molecule has 1 aliphatic heterocycles. The number of hydrogen-bond donors (Lipinski definition) is 1. The lowest BCUT2D eigenvalue weighted by Crippen LogP contribution is -2.45. The van der Waals surface area contributed by atoms with E-state index in [1.54, 1.807) is 0 Å². The van der Waals surface area contributed by atoms with Crippen LogP contribution < -0.4 is 4.74 Å². The summed E-state index contributed by atoms with van der Waals surface area (Å²) in [5, 5.41) is 10.3. The molecular formula is C15H23NO3. The molecule has 1 aliphatic rings. The van der Waals surface area contributed by atoms with Crippen molar-refractivity contribution in [2.75, 3.05) is 32.9 Å². The number of morpholine rings is 1. The van der Waals surface area contributed by atoms with Crippen LogP contribution in [0.3, 0.4) is 0 Å². The second kappa shape index (κ2) is 6.89. The highest BCUT2D eigenvalue weighted by Gasteiger charge is 2.21. The maximum absolute atomic E-state index is 10.3. The first-order valence-corrected chi connectivity index (χ1v) is 6.93. The normalized spacial score (nSPS) is 22.2. The molecule has 4 nitrogen and oxygen atoms in total. The van der Waals surface area contributed by atoms with Gasteiger partial charge in [-0.3, -0.25) is 4.90 Å². The summed E-state index contributed by atoms with van der Waals surface area (Å²) in [5.74, 6) is 0.846.